The highest BCUT2D eigenvalue weighted by molar-refractivity contribution is 8.13. The summed E-state index contributed by atoms with van der Waals surface area (Å²) in [6, 6.07) is 0.914. The Balaban J connectivity index is 2.52. The fourth-order valence-electron chi connectivity index (χ4n) is 0.842. The highest BCUT2D eigenvalue weighted by atomic mass is 35.7. The summed E-state index contributed by atoms with van der Waals surface area (Å²) < 4.78 is 60.8. The first-order valence-corrected chi connectivity index (χ1v) is 5.67. The van der Waals surface area contributed by atoms with Crippen LogP contribution in [0.1, 0.15) is 5.48 Å². The van der Waals surface area contributed by atoms with E-state index in [0.29, 0.717) is 0 Å². The summed E-state index contributed by atoms with van der Waals surface area (Å²) in [5, 5.41) is 0. The minimum atomic E-state index is -4.04. The van der Waals surface area contributed by atoms with E-state index < -0.39 is 27.1 Å². The number of pyridine rings is 1. The van der Waals surface area contributed by atoms with Crippen LogP contribution in [0.3, 0.4) is 0 Å². The van der Waals surface area contributed by atoms with Crippen LogP contribution in [0.2, 0.25) is 0 Å². The van der Waals surface area contributed by atoms with Crippen LogP contribution in [0.25, 0.3) is 0 Å². The minimum absolute atomic E-state index is 0.336. The van der Waals surface area contributed by atoms with E-state index in [4.69, 9.17) is 20.9 Å². The summed E-state index contributed by atoms with van der Waals surface area (Å²) in [4.78, 5) is 3.13. The van der Waals surface area contributed by atoms with Gasteiger partial charge in [-0.1, -0.05) is 0 Å². The normalized spacial score (nSPS) is 26.6. The Morgan fingerprint density at radius 3 is 2.93 bits per heavy atom. The van der Waals surface area contributed by atoms with Crippen LogP contribution < -0.4 is 9.47 Å². The van der Waals surface area contributed by atoms with Crippen molar-refractivity contribution >= 4 is 19.7 Å². The third-order valence-corrected chi connectivity index (χ3v) is 2.75. The maximum absolute atomic E-state index is 11.1. The van der Waals surface area contributed by atoms with E-state index in [0.717, 1.165) is 12.3 Å². The van der Waals surface area contributed by atoms with Gasteiger partial charge >= 0.3 is 0 Å². The number of hydrogen-bond donors (Lipinski definition) is 0. The van der Waals surface area contributed by atoms with Gasteiger partial charge in [-0.25, -0.2) is 13.4 Å². The predicted molar refractivity (Wildman–Crippen MR) is 48.3 cm³/mol. The van der Waals surface area contributed by atoms with E-state index in [1.54, 1.807) is 0 Å². The molecule has 7 heteroatoms. The Morgan fingerprint density at radius 2 is 2.21 bits per heavy atom. The molecule has 0 spiro atoms. The van der Waals surface area contributed by atoms with Crippen molar-refractivity contribution in [1.29, 1.82) is 0 Å². The van der Waals surface area contributed by atoms with E-state index in [1.807, 2.05) is 0 Å². The SMILES string of the molecule is [2H]C1([2H])Oc2cc(S(=O)(=O)Cl)cnc2OC1([2H])[2H]. The number of rotatable bonds is 1. The molecule has 2 rings (SSSR count). The maximum Gasteiger partial charge on any atom is 0.262 e. The largest absolute Gasteiger partial charge is 0.484 e. The molecule has 0 N–H and O–H groups in total. The van der Waals surface area contributed by atoms with Crippen molar-refractivity contribution in [3.63, 3.8) is 0 Å². The van der Waals surface area contributed by atoms with Crippen LogP contribution in [0, 0.1) is 0 Å². The number of fused-ring (bicyclic) bond motifs is 1. The average Bonchev–Trinajstić information content (AvgIpc) is 2.16. The molecule has 0 unspecified atom stereocenters. The molecule has 2 heterocycles. The van der Waals surface area contributed by atoms with Crippen molar-refractivity contribution in [2.24, 2.45) is 0 Å². The van der Waals surface area contributed by atoms with Crippen molar-refractivity contribution in [3.05, 3.63) is 12.3 Å². The Hall–Kier alpha value is -1.01. The zero-order valence-electron chi connectivity index (χ0n) is 10.5. The number of hydrogen-bond acceptors (Lipinski definition) is 5. The van der Waals surface area contributed by atoms with Crippen LogP contribution in [0.4, 0.5) is 0 Å². The molecule has 1 aromatic heterocycles. The first kappa shape index (κ1) is 5.77. The molecule has 0 fully saturated rings. The van der Waals surface area contributed by atoms with Gasteiger partial charge in [-0.3, -0.25) is 0 Å². The molecule has 1 aliphatic heterocycles. The molecule has 0 bridgehead atoms. The van der Waals surface area contributed by atoms with Crippen molar-refractivity contribution in [2.45, 2.75) is 4.90 Å². The average molecular weight is 240 g/mol. The van der Waals surface area contributed by atoms with Gasteiger partial charge in [-0.15, -0.1) is 0 Å². The second kappa shape index (κ2) is 3.29. The first-order valence-electron chi connectivity index (χ1n) is 5.36. The lowest BCUT2D eigenvalue weighted by Gasteiger charge is -2.16. The van der Waals surface area contributed by atoms with E-state index in [2.05, 4.69) is 9.72 Å². The van der Waals surface area contributed by atoms with Crippen LogP contribution >= 0.6 is 10.7 Å². The van der Waals surface area contributed by atoms with E-state index in [-0.39, 0.29) is 11.6 Å². The van der Waals surface area contributed by atoms with Crippen LogP contribution in [-0.2, 0) is 9.05 Å². The van der Waals surface area contributed by atoms with Crippen molar-refractivity contribution < 1.29 is 23.4 Å². The minimum Gasteiger partial charge on any atom is -0.484 e. The van der Waals surface area contributed by atoms with Crippen LogP contribution in [0.5, 0.6) is 11.6 Å². The van der Waals surface area contributed by atoms with Gasteiger partial charge in [-0.2, -0.15) is 0 Å². The monoisotopic (exact) mass is 239 g/mol. The molecule has 76 valence electrons. The molecule has 1 aromatic rings. The molecular formula is C7H6ClNO4S. The standard InChI is InChI=1S/C7H6ClNO4S/c8-14(10,11)5-3-6-7(9-4-5)13-2-1-12-6/h3-4H,1-2H2/i1D2,2D2. The van der Waals surface area contributed by atoms with Gasteiger partial charge in [0.15, 0.2) is 5.75 Å². The number of nitrogens with zero attached hydrogens (tertiary/aromatic N) is 1. The molecule has 0 saturated carbocycles. The predicted octanol–water partition coefficient (Wildman–Crippen LogP) is 0.780. The Bertz CT molecular complexity index is 605. The van der Waals surface area contributed by atoms with E-state index in [1.165, 1.54) is 0 Å². The first-order chi connectivity index (χ1) is 8.03. The molecular weight excluding hydrogens is 230 g/mol. The fraction of sp³-hybridized carbons (Fsp3) is 0.286. The molecule has 5 nitrogen and oxygen atoms in total. The van der Waals surface area contributed by atoms with Crippen molar-refractivity contribution in [1.82, 2.24) is 4.98 Å². The van der Waals surface area contributed by atoms with E-state index in [9.17, 15) is 8.42 Å². The highest BCUT2D eigenvalue weighted by Gasteiger charge is 2.18. The summed E-state index contributed by atoms with van der Waals surface area (Å²) in [5.41, 5.74) is 0. The smallest absolute Gasteiger partial charge is 0.262 e. The molecule has 1 aliphatic rings. The third kappa shape index (κ3) is 1.76. The van der Waals surface area contributed by atoms with E-state index >= 15 is 0 Å². The quantitative estimate of drug-likeness (QED) is 0.678. The van der Waals surface area contributed by atoms with Gasteiger partial charge < -0.3 is 9.47 Å². The molecule has 0 atom stereocenters. The lowest BCUT2D eigenvalue weighted by Crippen LogP contribution is -2.16. The Labute approximate surface area is 90.7 Å². The van der Waals surface area contributed by atoms with Gasteiger partial charge in [0.1, 0.15) is 18.0 Å². The summed E-state index contributed by atoms with van der Waals surface area (Å²) in [5.74, 6) is -0.684. The number of halogens is 1. The van der Waals surface area contributed by atoms with Crippen LogP contribution in [-0.4, -0.2) is 26.5 Å². The molecule has 0 radical (unpaired) electrons. The Kier molecular flexibility index (Phi) is 1.35. The molecule has 0 amide bonds. The second-order valence-corrected chi connectivity index (χ2v) is 4.89. The fourth-order valence-corrected chi connectivity index (χ4v) is 1.52. The summed E-state index contributed by atoms with van der Waals surface area (Å²) >= 11 is 0. The zero-order chi connectivity index (χ0) is 13.8. The lowest BCUT2D eigenvalue weighted by molar-refractivity contribution is 0.163. The molecule has 0 aromatic carbocycles. The van der Waals surface area contributed by atoms with Gasteiger partial charge in [0, 0.05) is 16.7 Å². The Morgan fingerprint density at radius 1 is 1.50 bits per heavy atom. The summed E-state index contributed by atoms with van der Waals surface area (Å²) in [6.07, 6.45) is 0.863. The summed E-state index contributed by atoms with van der Waals surface area (Å²) in [6.45, 7) is -5.52. The van der Waals surface area contributed by atoms with Crippen molar-refractivity contribution in [3.8, 4) is 11.6 Å². The molecule has 14 heavy (non-hydrogen) atoms. The lowest BCUT2D eigenvalue weighted by atomic mass is 10.4. The molecule has 0 saturated heterocycles. The third-order valence-electron chi connectivity index (χ3n) is 1.43. The molecule has 0 aliphatic carbocycles. The van der Waals surface area contributed by atoms with Gasteiger partial charge in [0.05, 0.1) is 11.7 Å². The number of ether oxygens (including phenoxy) is 2. The van der Waals surface area contributed by atoms with Crippen LogP contribution in [0.15, 0.2) is 17.2 Å². The topological polar surface area (TPSA) is 65.5 Å². The van der Waals surface area contributed by atoms with Crippen molar-refractivity contribution in [2.75, 3.05) is 13.1 Å². The summed E-state index contributed by atoms with van der Waals surface area (Å²) in [7, 11) is 1.05. The van der Waals surface area contributed by atoms with Gasteiger partial charge in [0.2, 0.25) is 0 Å². The highest BCUT2D eigenvalue weighted by Crippen LogP contribution is 2.30. The zero-order valence-corrected chi connectivity index (χ0v) is 8.09. The maximum atomic E-state index is 11.1. The van der Waals surface area contributed by atoms with Gasteiger partial charge in [-0.05, 0) is 0 Å². The number of aromatic nitrogens is 1. The van der Waals surface area contributed by atoms with Gasteiger partial charge in [0.25, 0.3) is 14.9 Å². The second-order valence-electron chi connectivity index (χ2n) is 2.32.